The van der Waals surface area contributed by atoms with Gasteiger partial charge in [0.15, 0.2) is 11.5 Å². The average molecular weight is 460 g/mol. The number of benzene rings is 3. The van der Waals surface area contributed by atoms with Crippen LogP contribution in [0.5, 0.6) is 23.0 Å². The number of carboxylic acids is 1. The van der Waals surface area contributed by atoms with E-state index in [-0.39, 0.29) is 17.4 Å². The molecule has 2 heterocycles. The van der Waals surface area contributed by atoms with Crippen LogP contribution in [0.25, 0.3) is 0 Å². The summed E-state index contributed by atoms with van der Waals surface area (Å²) in [5.74, 6) is 0.773. The zero-order chi connectivity index (χ0) is 23.8. The molecular weight excluding hydrogens is 436 g/mol. The van der Waals surface area contributed by atoms with Crippen LogP contribution >= 0.6 is 0 Å². The molecule has 2 aliphatic heterocycles. The van der Waals surface area contributed by atoms with Crippen molar-refractivity contribution >= 4 is 11.7 Å². The molecule has 8 heteroatoms. The molecule has 2 atom stereocenters. The number of para-hydroxylation sites is 1. The molecule has 8 nitrogen and oxygen atoms in total. The Balaban J connectivity index is 1.66. The molecule has 2 aliphatic rings. The normalized spacial score (nSPS) is 18.3. The second-order valence-electron chi connectivity index (χ2n) is 7.96. The molecule has 0 spiro atoms. The van der Waals surface area contributed by atoms with Gasteiger partial charge >= 0.3 is 5.97 Å². The molecule has 5 rings (SSSR count). The lowest BCUT2D eigenvalue weighted by atomic mass is 9.95. The van der Waals surface area contributed by atoms with Crippen LogP contribution in [-0.4, -0.2) is 43.1 Å². The van der Waals surface area contributed by atoms with Crippen LogP contribution in [0.15, 0.2) is 65.8 Å². The molecule has 3 aromatic rings. The number of methoxy groups -OCH3 is 3. The molecule has 0 aliphatic carbocycles. The summed E-state index contributed by atoms with van der Waals surface area (Å²) in [6, 6.07) is 18.8. The van der Waals surface area contributed by atoms with Crippen molar-refractivity contribution < 1.29 is 28.8 Å². The van der Waals surface area contributed by atoms with Gasteiger partial charge in [-0.3, -0.25) is 0 Å². The van der Waals surface area contributed by atoms with E-state index in [2.05, 4.69) is 0 Å². The topological polar surface area (TPSA) is 89.8 Å². The monoisotopic (exact) mass is 460 g/mol. The van der Waals surface area contributed by atoms with Gasteiger partial charge in [-0.1, -0.05) is 30.3 Å². The van der Waals surface area contributed by atoms with Gasteiger partial charge in [-0.15, -0.1) is 0 Å². The third-order valence-electron chi connectivity index (χ3n) is 6.16. The molecule has 0 unspecified atom stereocenters. The van der Waals surface area contributed by atoms with Gasteiger partial charge in [-0.2, -0.15) is 5.10 Å². The highest BCUT2D eigenvalue weighted by Gasteiger charge is 2.43. The lowest BCUT2D eigenvalue weighted by molar-refractivity contribution is -0.0199. The minimum Gasteiger partial charge on any atom is -0.497 e. The molecule has 0 aromatic heterocycles. The minimum atomic E-state index is -1.14. The van der Waals surface area contributed by atoms with E-state index >= 15 is 0 Å². The Morgan fingerprint density at radius 2 is 1.82 bits per heavy atom. The number of carbonyl (C=O) groups is 1. The molecule has 174 valence electrons. The summed E-state index contributed by atoms with van der Waals surface area (Å²) in [5.41, 5.74) is 3.22. The number of hydrogen-bond acceptors (Lipinski definition) is 7. The summed E-state index contributed by atoms with van der Waals surface area (Å²) in [5, 5.41) is 16.8. The fraction of sp³-hybridized carbons (Fsp3) is 0.231. The van der Waals surface area contributed by atoms with E-state index in [1.807, 2.05) is 53.5 Å². The predicted molar refractivity (Wildman–Crippen MR) is 125 cm³/mol. The number of nitrogens with zero attached hydrogens (tertiary/aromatic N) is 2. The number of carboxylic acid groups (broad SMARTS) is 1. The first kappa shape index (κ1) is 21.6. The number of aromatic carboxylic acids is 1. The Morgan fingerprint density at radius 1 is 1.00 bits per heavy atom. The summed E-state index contributed by atoms with van der Waals surface area (Å²) in [6.07, 6.45) is -0.131. The van der Waals surface area contributed by atoms with Crippen molar-refractivity contribution in [2.45, 2.75) is 18.7 Å². The zero-order valence-electron chi connectivity index (χ0n) is 19.0. The van der Waals surface area contributed by atoms with Crippen molar-refractivity contribution in [2.75, 3.05) is 21.3 Å². The third kappa shape index (κ3) is 3.48. The van der Waals surface area contributed by atoms with E-state index in [0.29, 0.717) is 23.5 Å². The molecule has 1 N–H and O–H groups in total. The summed E-state index contributed by atoms with van der Waals surface area (Å²) in [6.45, 7) is 0. The van der Waals surface area contributed by atoms with Gasteiger partial charge in [0.2, 0.25) is 6.23 Å². The Bertz CT molecular complexity index is 1290. The van der Waals surface area contributed by atoms with E-state index in [0.717, 1.165) is 22.6 Å². The van der Waals surface area contributed by atoms with E-state index in [4.69, 9.17) is 24.0 Å². The smallest absolute Gasteiger partial charge is 0.340 e. The first-order valence-corrected chi connectivity index (χ1v) is 10.8. The summed E-state index contributed by atoms with van der Waals surface area (Å²) >= 11 is 0. The third-order valence-corrected chi connectivity index (χ3v) is 6.16. The number of ether oxygens (including phenoxy) is 4. The van der Waals surface area contributed by atoms with Gasteiger partial charge in [0.05, 0.1) is 33.1 Å². The maximum atomic E-state index is 12.3. The maximum absolute atomic E-state index is 12.3. The second kappa shape index (κ2) is 8.62. The van der Waals surface area contributed by atoms with Gasteiger partial charge < -0.3 is 24.1 Å². The maximum Gasteiger partial charge on any atom is 0.340 e. The predicted octanol–water partition coefficient (Wildman–Crippen LogP) is 4.65. The molecule has 0 bridgehead atoms. The van der Waals surface area contributed by atoms with Crippen LogP contribution in [0.4, 0.5) is 0 Å². The van der Waals surface area contributed by atoms with Gasteiger partial charge in [-0.25, -0.2) is 9.80 Å². The molecule has 0 saturated carbocycles. The summed E-state index contributed by atoms with van der Waals surface area (Å²) in [4.78, 5) is 12.3. The number of hydrazone groups is 1. The standard InChI is InChI=1S/C26H24N2O6/c1-31-16-8-6-7-15(13-16)19-14-20-17-9-4-5-10-21(17)34-25(28(20)27-19)18-11-12-22(32-2)24(33-3)23(18)26(29)30/h4-13,20,25H,14H2,1-3H3,(H,29,30)/t20-,25-/m1/s1. The zero-order valence-corrected chi connectivity index (χ0v) is 19.0. The van der Waals surface area contributed by atoms with Gasteiger partial charge in [0.25, 0.3) is 0 Å². The lowest BCUT2D eigenvalue weighted by Crippen LogP contribution is -2.34. The Morgan fingerprint density at radius 3 is 2.56 bits per heavy atom. The molecule has 0 fully saturated rings. The lowest BCUT2D eigenvalue weighted by Gasteiger charge is -2.38. The first-order chi connectivity index (χ1) is 16.5. The van der Waals surface area contributed by atoms with E-state index < -0.39 is 12.2 Å². The SMILES string of the molecule is COc1cccc(C2=NN3[C@H](C2)c2ccccc2O[C@@H]3c2ccc(OC)c(OC)c2C(=O)O)c1. The summed E-state index contributed by atoms with van der Waals surface area (Å²) in [7, 11) is 4.52. The first-order valence-electron chi connectivity index (χ1n) is 10.8. The molecule has 0 saturated heterocycles. The van der Waals surface area contributed by atoms with E-state index in [1.165, 1.54) is 14.2 Å². The Labute approximate surface area is 196 Å². The second-order valence-corrected chi connectivity index (χ2v) is 7.96. The van der Waals surface area contributed by atoms with Crippen molar-refractivity contribution in [3.05, 3.63) is 82.9 Å². The van der Waals surface area contributed by atoms with Crippen LogP contribution in [0, 0.1) is 0 Å². The van der Waals surface area contributed by atoms with Crippen molar-refractivity contribution in [3.63, 3.8) is 0 Å². The van der Waals surface area contributed by atoms with Gasteiger partial charge in [0, 0.05) is 23.1 Å². The van der Waals surface area contributed by atoms with Crippen molar-refractivity contribution in [3.8, 4) is 23.0 Å². The number of rotatable bonds is 6. The van der Waals surface area contributed by atoms with E-state index in [9.17, 15) is 9.90 Å². The van der Waals surface area contributed by atoms with E-state index in [1.54, 1.807) is 19.2 Å². The quantitative estimate of drug-likeness (QED) is 0.573. The number of fused-ring (bicyclic) bond motifs is 3. The highest BCUT2D eigenvalue weighted by Crippen LogP contribution is 2.49. The Hall–Kier alpha value is -4.20. The van der Waals surface area contributed by atoms with Crippen molar-refractivity contribution in [1.82, 2.24) is 5.01 Å². The van der Waals surface area contributed by atoms with Crippen LogP contribution in [-0.2, 0) is 0 Å². The summed E-state index contributed by atoms with van der Waals surface area (Å²) < 4.78 is 22.5. The minimum absolute atomic E-state index is 0.0185. The Kier molecular flexibility index (Phi) is 5.49. The molecule has 34 heavy (non-hydrogen) atoms. The van der Waals surface area contributed by atoms with Crippen LogP contribution in [0.2, 0.25) is 0 Å². The van der Waals surface area contributed by atoms with Gasteiger partial charge in [-0.05, 0) is 30.3 Å². The fourth-order valence-electron chi connectivity index (χ4n) is 4.59. The highest BCUT2D eigenvalue weighted by atomic mass is 16.5. The molecule has 3 aromatic carbocycles. The van der Waals surface area contributed by atoms with Crippen LogP contribution in [0.3, 0.4) is 0 Å². The average Bonchev–Trinajstić information content (AvgIpc) is 3.33. The molecule has 0 amide bonds. The molecule has 0 radical (unpaired) electrons. The van der Waals surface area contributed by atoms with Gasteiger partial charge in [0.1, 0.15) is 17.1 Å². The van der Waals surface area contributed by atoms with Crippen molar-refractivity contribution in [1.29, 1.82) is 0 Å². The number of hydrogen-bond donors (Lipinski definition) is 1. The fourth-order valence-corrected chi connectivity index (χ4v) is 4.59. The van der Waals surface area contributed by atoms with Crippen molar-refractivity contribution in [2.24, 2.45) is 5.10 Å². The van der Waals surface area contributed by atoms with Crippen LogP contribution in [0.1, 0.15) is 45.7 Å². The van der Waals surface area contributed by atoms with Crippen LogP contribution < -0.4 is 18.9 Å². The largest absolute Gasteiger partial charge is 0.497 e. The molecular formula is C26H24N2O6. The highest BCUT2D eigenvalue weighted by molar-refractivity contribution is 6.02.